The van der Waals surface area contributed by atoms with Crippen LogP contribution in [0.1, 0.15) is 23.6 Å². The molecule has 0 fully saturated rings. The molecule has 0 saturated heterocycles. The lowest BCUT2D eigenvalue weighted by Gasteiger charge is -2.13. The first kappa shape index (κ1) is 15.3. The van der Waals surface area contributed by atoms with E-state index < -0.39 is 0 Å². The molecule has 2 aromatic rings. The molecule has 0 aliphatic rings. The van der Waals surface area contributed by atoms with Crippen LogP contribution in [0.3, 0.4) is 0 Å². The van der Waals surface area contributed by atoms with Gasteiger partial charge in [-0.25, -0.2) is 0 Å². The van der Waals surface area contributed by atoms with Crippen LogP contribution in [0.4, 0.5) is 0 Å². The number of aromatic nitrogens is 1. The molecule has 0 amide bonds. The van der Waals surface area contributed by atoms with E-state index >= 15 is 0 Å². The molecular weight excluding hydrogens is 264 g/mol. The van der Waals surface area contributed by atoms with Gasteiger partial charge in [-0.1, -0.05) is 13.0 Å². The molecule has 0 aliphatic carbocycles. The minimum Gasteiger partial charge on any atom is -0.497 e. The molecule has 2 rings (SSSR count). The molecule has 0 saturated carbocycles. The molecule has 1 N–H and O–H groups in total. The van der Waals surface area contributed by atoms with E-state index in [-0.39, 0.29) is 0 Å². The van der Waals surface area contributed by atoms with E-state index in [0.29, 0.717) is 6.61 Å². The third-order valence-electron chi connectivity index (χ3n) is 3.17. The smallest absolute Gasteiger partial charge is 0.127 e. The number of nitrogens with zero attached hydrogens (tertiary/aromatic N) is 1. The fraction of sp³-hybridized carbons (Fsp3) is 0.353. The Balaban J connectivity index is 2.12. The first-order chi connectivity index (χ1) is 10.2. The second-order valence-electron chi connectivity index (χ2n) is 4.91. The van der Waals surface area contributed by atoms with Gasteiger partial charge < -0.3 is 14.8 Å². The van der Waals surface area contributed by atoms with E-state index in [1.165, 1.54) is 0 Å². The largest absolute Gasteiger partial charge is 0.497 e. The molecule has 1 aromatic heterocycles. The SMILES string of the molecule is CCNCc1ccc(OC)cc1OCc1cncc(C)c1. The fourth-order valence-corrected chi connectivity index (χ4v) is 2.06. The van der Waals surface area contributed by atoms with Crippen molar-refractivity contribution in [3.05, 3.63) is 53.3 Å². The third kappa shape index (κ3) is 4.46. The quantitative estimate of drug-likeness (QED) is 0.849. The summed E-state index contributed by atoms with van der Waals surface area (Å²) in [6, 6.07) is 7.99. The number of aryl methyl sites for hydroxylation is 1. The predicted molar refractivity (Wildman–Crippen MR) is 83.7 cm³/mol. The highest BCUT2D eigenvalue weighted by Crippen LogP contribution is 2.25. The van der Waals surface area contributed by atoms with Crippen molar-refractivity contribution in [3.8, 4) is 11.5 Å². The van der Waals surface area contributed by atoms with Crippen molar-refractivity contribution in [2.24, 2.45) is 0 Å². The van der Waals surface area contributed by atoms with Crippen LogP contribution in [0, 0.1) is 6.92 Å². The summed E-state index contributed by atoms with van der Waals surface area (Å²) in [7, 11) is 1.66. The van der Waals surface area contributed by atoms with Gasteiger partial charge in [0.25, 0.3) is 0 Å². The number of hydrogen-bond acceptors (Lipinski definition) is 4. The van der Waals surface area contributed by atoms with Crippen LogP contribution >= 0.6 is 0 Å². The molecule has 0 bridgehead atoms. The van der Waals surface area contributed by atoms with Crippen LogP contribution < -0.4 is 14.8 Å². The molecule has 0 radical (unpaired) electrons. The Morgan fingerprint density at radius 1 is 1.19 bits per heavy atom. The second kappa shape index (κ2) is 7.64. The van der Waals surface area contributed by atoms with Gasteiger partial charge in [0, 0.05) is 36.1 Å². The zero-order valence-corrected chi connectivity index (χ0v) is 12.8. The Bertz CT molecular complexity index is 585. The number of benzene rings is 1. The van der Waals surface area contributed by atoms with E-state index in [9.17, 15) is 0 Å². The van der Waals surface area contributed by atoms with Crippen LogP contribution in [0.5, 0.6) is 11.5 Å². The van der Waals surface area contributed by atoms with E-state index in [2.05, 4.69) is 23.3 Å². The van der Waals surface area contributed by atoms with Crippen molar-refractivity contribution in [2.75, 3.05) is 13.7 Å². The first-order valence-corrected chi connectivity index (χ1v) is 7.14. The average molecular weight is 286 g/mol. The summed E-state index contributed by atoms with van der Waals surface area (Å²) < 4.78 is 11.2. The lowest BCUT2D eigenvalue weighted by atomic mass is 10.2. The minimum absolute atomic E-state index is 0.501. The molecule has 21 heavy (non-hydrogen) atoms. The molecule has 0 aliphatic heterocycles. The van der Waals surface area contributed by atoms with Crippen LogP contribution in [-0.2, 0) is 13.2 Å². The molecule has 0 atom stereocenters. The third-order valence-corrected chi connectivity index (χ3v) is 3.17. The van der Waals surface area contributed by atoms with Gasteiger partial charge in [-0.15, -0.1) is 0 Å². The summed E-state index contributed by atoms with van der Waals surface area (Å²) in [5, 5.41) is 3.32. The average Bonchev–Trinajstić information content (AvgIpc) is 2.51. The second-order valence-corrected chi connectivity index (χ2v) is 4.91. The molecule has 112 valence electrons. The lowest BCUT2D eigenvalue weighted by molar-refractivity contribution is 0.299. The van der Waals surface area contributed by atoms with E-state index in [4.69, 9.17) is 9.47 Å². The van der Waals surface area contributed by atoms with Crippen molar-refractivity contribution >= 4 is 0 Å². The van der Waals surface area contributed by atoms with Crippen molar-refractivity contribution in [2.45, 2.75) is 27.0 Å². The minimum atomic E-state index is 0.501. The van der Waals surface area contributed by atoms with Crippen LogP contribution in [-0.4, -0.2) is 18.6 Å². The van der Waals surface area contributed by atoms with Gasteiger partial charge in [0.15, 0.2) is 0 Å². The maximum Gasteiger partial charge on any atom is 0.127 e. The molecule has 4 heteroatoms. The summed E-state index contributed by atoms with van der Waals surface area (Å²) >= 11 is 0. The molecule has 0 unspecified atom stereocenters. The van der Waals surface area contributed by atoms with Crippen molar-refractivity contribution in [1.29, 1.82) is 0 Å². The normalized spacial score (nSPS) is 10.4. The summed E-state index contributed by atoms with van der Waals surface area (Å²) in [5.74, 6) is 1.64. The van der Waals surface area contributed by atoms with Gasteiger partial charge in [0.05, 0.1) is 7.11 Å². The van der Waals surface area contributed by atoms with E-state index in [0.717, 1.165) is 41.3 Å². The number of hydrogen-bond donors (Lipinski definition) is 1. The van der Waals surface area contributed by atoms with Gasteiger partial charge in [-0.2, -0.15) is 0 Å². The van der Waals surface area contributed by atoms with Gasteiger partial charge >= 0.3 is 0 Å². The van der Waals surface area contributed by atoms with Crippen LogP contribution in [0.2, 0.25) is 0 Å². The molecule has 4 nitrogen and oxygen atoms in total. The summed E-state index contributed by atoms with van der Waals surface area (Å²) in [6.07, 6.45) is 3.67. The van der Waals surface area contributed by atoms with Gasteiger partial charge in [-0.05, 0) is 31.2 Å². The number of methoxy groups -OCH3 is 1. The molecular formula is C17H22N2O2. The number of rotatable bonds is 7. The Hall–Kier alpha value is -2.07. The Labute approximate surface area is 126 Å². The Morgan fingerprint density at radius 3 is 2.76 bits per heavy atom. The van der Waals surface area contributed by atoms with Crippen molar-refractivity contribution in [1.82, 2.24) is 10.3 Å². The standard InChI is InChI=1S/C17H22N2O2/c1-4-18-11-15-5-6-16(20-3)8-17(15)21-12-14-7-13(2)9-19-10-14/h5-10,18H,4,11-12H2,1-3H3. The summed E-state index contributed by atoms with van der Waals surface area (Å²) in [5.41, 5.74) is 3.32. The maximum absolute atomic E-state index is 5.96. The molecule has 1 heterocycles. The molecule has 0 spiro atoms. The predicted octanol–water partition coefficient (Wildman–Crippen LogP) is 3.09. The van der Waals surface area contributed by atoms with Gasteiger partial charge in [0.2, 0.25) is 0 Å². The van der Waals surface area contributed by atoms with E-state index in [1.54, 1.807) is 7.11 Å². The van der Waals surface area contributed by atoms with Crippen molar-refractivity contribution < 1.29 is 9.47 Å². The maximum atomic E-state index is 5.96. The fourth-order valence-electron chi connectivity index (χ4n) is 2.06. The highest BCUT2D eigenvalue weighted by molar-refractivity contribution is 5.41. The first-order valence-electron chi connectivity index (χ1n) is 7.14. The van der Waals surface area contributed by atoms with Crippen LogP contribution in [0.25, 0.3) is 0 Å². The highest BCUT2D eigenvalue weighted by Gasteiger charge is 2.06. The summed E-state index contributed by atoms with van der Waals surface area (Å²) in [6.45, 7) is 6.32. The number of ether oxygens (including phenoxy) is 2. The zero-order valence-electron chi connectivity index (χ0n) is 12.8. The highest BCUT2D eigenvalue weighted by atomic mass is 16.5. The van der Waals surface area contributed by atoms with Gasteiger partial charge in [-0.3, -0.25) is 4.98 Å². The Kier molecular flexibility index (Phi) is 5.58. The lowest BCUT2D eigenvalue weighted by Crippen LogP contribution is -2.13. The number of pyridine rings is 1. The van der Waals surface area contributed by atoms with E-state index in [1.807, 2.05) is 37.5 Å². The zero-order chi connectivity index (χ0) is 15.1. The summed E-state index contributed by atoms with van der Waals surface area (Å²) in [4.78, 5) is 4.19. The topological polar surface area (TPSA) is 43.4 Å². The Morgan fingerprint density at radius 2 is 2.05 bits per heavy atom. The van der Waals surface area contributed by atoms with Crippen molar-refractivity contribution in [3.63, 3.8) is 0 Å². The van der Waals surface area contributed by atoms with Crippen LogP contribution in [0.15, 0.2) is 36.7 Å². The van der Waals surface area contributed by atoms with Gasteiger partial charge in [0.1, 0.15) is 18.1 Å². The monoisotopic (exact) mass is 286 g/mol. The molecule has 1 aromatic carbocycles. The number of nitrogens with one attached hydrogen (secondary N) is 1.